The Bertz CT molecular complexity index is 385. The number of nitrogens with two attached hydrogens (primary N) is 1. The Morgan fingerprint density at radius 1 is 1.33 bits per heavy atom. The Kier molecular flexibility index (Phi) is 5.60. The fraction of sp³-hybridized carbons (Fsp3) is 0.714. The number of aryl methyl sites for hydroxylation is 1. The molecular weight excluding hydrogens is 242 g/mol. The molecule has 0 aliphatic carbocycles. The first kappa shape index (κ1) is 15.4. The van der Waals surface area contributed by atoms with Crippen LogP contribution in [-0.4, -0.2) is 20.8 Å². The Balaban J connectivity index is 2.74. The highest BCUT2D eigenvalue weighted by atomic mass is 32.2. The minimum atomic E-state index is 0.197. The highest BCUT2D eigenvalue weighted by molar-refractivity contribution is 7.99. The summed E-state index contributed by atoms with van der Waals surface area (Å²) in [7, 11) is 0. The maximum atomic E-state index is 5.98. The van der Waals surface area contributed by atoms with E-state index >= 15 is 0 Å². The van der Waals surface area contributed by atoms with Gasteiger partial charge in [0.1, 0.15) is 5.82 Å². The van der Waals surface area contributed by atoms with Crippen LogP contribution in [0, 0.1) is 6.92 Å². The molecule has 0 aliphatic heterocycles. The molecule has 1 rings (SSSR count). The van der Waals surface area contributed by atoms with E-state index in [0.717, 1.165) is 35.8 Å². The minimum Gasteiger partial charge on any atom is -0.327 e. The second-order valence-corrected chi connectivity index (χ2v) is 7.49. The molecule has 0 amide bonds. The second kappa shape index (κ2) is 6.53. The molecule has 18 heavy (non-hydrogen) atoms. The normalized spacial score (nSPS) is 13.7. The zero-order chi connectivity index (χ0) is 13.8. The third-order valence-electron chi connectivity index (χ3n) is 2.58. The molecule has 0 aliphatic rings. The average molecular weight is 267 g/mol. The number of thioether (sulfide) groups is 1. The van der Waals surface area contributed by atoms with Crippen LogP contribution in [0.25, 0.3) is 0 Å². The van der Waals surface area contributed by atoms with Crippen molar-refractivity contribution in [2.24, 2.45) is 5.73 Å². The number of hydrogen-bond acceptors (Lipinski definition) is 4. The van der Waals surface area contributed by atoms with Crippen LogP contribution in [-0.2, 0) is 12.2 Å². The predicted octanol–water partition coefficient (Wildman–Crippen LogP) is 3.10. The fourth-order valence-corrected chi connectivity index (χ4v) is 2.25. The van der Waals surface area contributed by atoms with E-state index in [1.54, 1.807) is 0 Å². The molecule has 0 bridgehead atoms. The molecular formula is C14H25N3S. The Hall–Kier alpha value is -0.610. The molecule has 0 saturated carbocycles. The third kappa shape index (κ3) is 5.83. The molecule has 102 valence electrons. The van der Waals surface area contributed by atoms with Gasteiger partial charge in [0.05, 0.1) is 5.75 Å². The Labute approximate surface area is 115 Å². The van der Waals surface area contributed by atoms with Crippen molar-refractivity contribution in [1.29, 1.82) is 0 Å². The van der Waals surface area contributed by atoms with Crippen molar-refractivity contribution in [3.05, 3.63) is 23.3 Å². The van der Waals surface area contributed by atoms with Crippen molar-refractivity contribution in [3.63, 3.8) is 0 Å². The van der Waals surface area contributed by atoms with Gasteiger partial charge in [0, 0.05) is 28.6 Å². The first-order valence-electron chi connectivity index (χ1n) is 6.53. The molecule has 1 heterocycles. The van der Waals surface area contributed by atoms with Gasteiger partial charge in [-0.1, -0.05) is 27.7 Å². The van der Waals surface area contributed by atoms with Gasteiger partial charge in [0.2, 0.25) is 0 Å². The van der Waals surface area contributed by atoms with Gasteiger partial charge in [-0.25, -0.2) is 9.97 Å². The van der Waals surface area contributed by atoms with Crippen LogP contribution in [0.3, 0.4) is 0 Å². The van der Waals surface area contributed by atoms with Crippen LogP contribution >= 0.6 is 11.8 Å². The van der Waals surface area contributed by atoms with Gasteiger partial charge in [-0.3, -0.25) is 0 Å². The first-order valence-corrected chi connectivity index (χ1v) is 7.51. The van der Waals surface area contributed by atoms with Gasteiger partial charge in [-0.05, 0) is 19.4 Å². The van der Waals surface area contributed by atoms with E-state index in [1.807, 2.05) is 24.8 Å². The zero-order valence-corrected chi connectivity index (χ0v) is 13.0. The Morgan fingerprint density at radius 2 is 2.00 bits per heavy atom. The van der Waals surface area contributed by atoms with Crippen LogP contribution in [0.4, 0.5) is 0 Å². The van der Waals surface area contributed by atoms with Gasteiger partial charge >= 0.3 is 0 Å². The van der Waals surface area contributed by atoms with Crippen molar-refractivity contribution in [1.82, 2.24) is 9.97 Å². The lowest BCUT2D eigenvalue weighted by Gasteiger charge is -2.17. The van der Waals surface area contributed by atoms with Crippen molar-refractivity contribution in [2.45, 2.75) is 64.0 Å². The maximum Gasteiger partial charge on any atom is 0.138 e. The van der Waals surface area contributed by atoms with Gasteiger partial charge in [0.25, 0.3) is 0 Å². The number of rotatable bonds is 5. The van der Waals surface area contributed by atoms with E-state index in [9.17, 15) is 0 Å². The summed E-state index contributed by atoms with van der Waals surface area (Å²) < 4.78 is 0.243. The summed E-state index contributed by atoms with van der Waals surface area (Å²) in [4.78, 5) is 9.11. The summed E-state index contributed by atoms with van der Waals surface area (Å²) in [6.07, 6.45) is 1.82. The SMILES string of the molecule is CCC(N)Cc1cc(C)nc(CSC(C)(C)C)n1. The van der Waals surface area contributed by atoms with Crippen LogP contribution in [0.1, 0.15) is 51.3 Å². The zero-order valence-electron chi connectivity index (χ0n) is 12.2. The van der Waals surface area contributed by atoms with Crippen molar-refractivity contribution in [2.75, 3.05) is 0 Å². The quantitative estimate of drug-likeness (QED) is 0.890. The van der Waals surface area contributed by atoms with E-state index in [2.05, 4.69) is 37.7 Å². The van der Waals surface area contributed by atoms with Gasteiger partial charge in [-0.15, -0.1) is 11.8 Å². The van der Waals surface area contributed by atoms with E-state index in [1.165, 1.54) is 0 Å². The largest absolute Gasteiger partial charge is 0.327 e. The molecule has 1 atom stereocenters. The van der Waals surface area contributed by atoms with Gasteiger partial charge in [0.15, 0.2) is 0 Å². The molecule has 0 radical (unpaired) electrons. The lowest BCUT2D eigenvalue weighted by molar-refractivity contribution is 0.633. The third-order valence-corrected chi connectivity index (χ3v) is 3.85. The summed E-state index contributed by atoms with van der Waals surface area (Å²) in [6, 6.07) is 2.24. The lowest BCUT2D eigenvalue weighted by Crippen LogP contribution is -2.22. The summed E-state index contributed by atoms with van der Waals surface area (Å²) in [6.45, 7) is 10.8. The first-order chi connectivity index (χ1) is 8.30. The van der Waals surface area contributed by atoms with Crippen molar-refractivity contribution >= 4 is 11.8 Å². The molecule has 0 spiro atoms. The topological polar surface area (TPSA) is 51.8 Å². The monoisotopic (exact) mass is 267 g/mol. The van der Waals surface area contributed by atoms with Gasteiger partial charge < -0.3 is 5.73 Å². The van der Waals surface area contributed by atoms with Crippen LogP contribution < -0.4 is 5.73 Å². The molecule has 1 aromatic rings. The smallest absolute Gasteiger partial charge is 0.138 e. The van der Waals surface area contributed by atoms with E-state index in [-0.39, 0.29) is 10.8 Å². The van der Waals surface area contributed by atoms with E-state index in [4.69, 9.17) is 5.73 Å². The standard InChI is InChI=1S/C14H25N3S/c1-6-11(15)8-12-7-10(2)16-13(17-12)9-18-14(3,4)5/h7,11H,6,8-9,15H2,1-5H3. The van der Waals surface area contributed by atoms with E-state index in [0.29, 0.717) is 0 Å². The molecule has 0 aromatic carbocycles. The van der Waals surface area contributed by atoms with Crippen LogP contribution in [0.15, 0.2) is 6.07 Å². The summed E-state index contributed by atoms with van der Waals surface area (Å²) >= 11 is 1.87. The van der Waals surface area contributed by atoms with Gasteiger partial charge in [-0.2, -0.15) is 0 Å². The molecule has 0 fully saturated rings. The number of hydrogen-bond donors (Lipinski definition) is 1. The minimum absolute atomic E-state index is 0.197. The molecule has 4 heteroatoms. The van der Waals surface area contributed by atoms with Crippen LogP contribution in [0.2, 0.25) is 0 Å². The maximum absolute atomic E-state index is 5.98. The van der Waals surface area contributed by atoms with Crippen molar-refractivity contribution in [3.8, 4) is 0 Å². The average Bonchev–Trinajstić information content (AvgIpc) is 2.24. The lowest BCUT2D eigenvalue weighted by atomic mass is 10.1. The summed E-state index contributed by atoms with van der Waals surface area (Å²) in [5, 5.41) is 0. The predicted molar refractivity (Wildman–Crippen MR) is 79.8 cm³/mol. The molecule has 1 unspecified atom stereocenters. The Morgan fingerprint density at radius 3 is 2.56 bits per heavy atom. The molecule has 3 nitrogen and oxygen atoms in total. The highest BCUT2D eigenvalue weighted by Crippen LogP contribution is 2.26. The fourth-order valence-electron chi connectivity index (χ4n) is 1.56. The van der Waals surface area contributed by atoms with Crippen molar-refractivity contribution < 1.29 is 0 Å². The summed E-state index contributed by atoms with van der Waals surface area (Å²) in [5.74, 6) is 1.78. The molecule has 2 N–H and O–H groups in total. The molecule has 1 aromatic heterocycles. The summed E-state index contributed by atoms with van der Waals surface area (Å²) in [5.41, 5.74) is 8.09. The van der Waals surface area contributed by atoms with Crippen LogP contribution in [0.5, 0.6) is 0 Å². The molecule has 0 saturated heterocycles. The highest BCUT2D eigenvalue weighted by Gasteiger charge is 2.13. The number of nitrogens with zero attached hydrogens (tertiary/aromatic N) is 2. The number of aromatic nitrogens is 2. The van der Waals surface area contributed by atoms with E-state index < -0.39 is 0 Å². The second-order valence-electron chi connectivity index (χ2n) is 5.69.